The second kappa shape index (κ2) is 16.2. The molecule has 0 radical (unpaired) electrons. The van der Waals surface area contributed by atoms with Gasteiger partial charge in [-0.2, -0.15) is 0 Å². The van der Waals surface area contributed by atoms with Gasteiger partial charge in [0.25, 0.3) is 0 Å². The van der Waals surface area contributed by atoms with Crippen LogP contribution in [-0.2, 0) is 0 Å². The van der Waals surface area contributed by atoms with Gasteiger partial charge in [-0.3, -0.25) is 0 Å². The van der Waals surface area contributed by atoms with Crippen molar-refractivity contribution in [3.8, 4) is 33.6 Å². The van der Waals surface area contributed by atoms with E-state index >= 15 is 0 Å². The monoisotopic (exact) mass is 912 g/mol. The van der Waals surface area contributed by atoms with E-state index in [2.05, 4.69) is 270 Å². The van der Waals surface area contributed by atoms with E-state index < -0.39 is 10.0 Å². The average molecular weight is 913 g/mol. The molecule has 3 heterocycles. The second-order valence-corrected chi connectivity index (χ2v) is 21.1. The molecule has 70 heavy (non-hydrogen) atoms. The summed E-state index contributed by atoms with van der Waals surface area (Å²) < 4.78 is 11.4. The van der Waals surface area contributed by atoms with Crippen molar-refractivity contribution in [1.82, 2.24) is 9.13 Å². The first-order valence-corrected chi connectivity index (χ1v) is 25.5. The van der Waals surface area contributed by atoms with E-state index in [1.165, 1.54) is 74.4 Å². The first-order chi connectivity index (χ1) is 34.7. The van der Waals surface area contributed by atoms with E-state index in [0.29, 0.717) is 0 Å². The highest BCUT2D eigenvalue weighted by molar-refractivity contribution is 8.34. The Morgan fingerprint density at radius 3 is 1.56 bits per heavy atom. The Morgan fingerprint density at radius 1 is 0.286 bits per heavy atom. The largest absolute Gasteiger partial charge is 0.456 e. The SMILES string of the molecule is c1ccc(-c2cccc(-c3cccc4c3c3ccccc3n4-c3cccc4c3c3ccccc3n4-c3cccc(S(c4ccccc4)(c4ccccc4)c4ccc5oc6ccccc6c5c4)c3)c2)cc1. The molecule has 14 aromatic rings. The number of rotatable bonds is 8. The Labute approximate surface area is 407 Å². The van der Waals surface area contributed by atoms with Gasteiger partial charge in [-0.15, -0.1) is 10.0 Å². The lowest BCUT2D eigenvalue weighted by atomic mass is 9.96. The smallest absolute Gasteiger partial charge is 0.135 e. The third-order valence-electron chi connectivity index (χ3n) is 14.2. The molecule has 330 valence electrons. The number of hydrogen-bond acceptors (Lipinski definition) is 1. The molecule has 0 spiro atoms. The Bertz CT molecular complexity index is 4260. The van der Waals surface area contributed by atoms with E-state index in [0.717, 1.165) is 44.3 Å². The molecule has 0 atom stereocenters. The molecule has 14 rings (SSSR count). The van der Waals surface area contributed by atoms with Gasteiger partial charge in [0, 0.05) is 57.6 Å². The summed E-state index contributed by atoms with van der Waals surface area (Å²) in [5, 5.41) is 7.15. The van der Waals surface area contributed by atoms with Crippen LogP contribution in [0.1, 0.15) is 0 Å². The Hall–Kier alpha value is -8.83. The lowest BCUT2D eigenvalue weighted by molar-refractivity contribution is 0.668. The van der Waals surface area contributed by atoms with Gasteiger partial charge in [-0.05, 0) is 125 Å². The van der Waals surface area contributed by atoms with Gasteiger partial charge in [0.05, 0.1) is 27.8 Å². The van der Waals surface area contributed by atoms with Crippen LogP contribution < -0.4 is 0 Å². The number of nitrogens with zero attached hydrogens (tertiary/aromatic N) is 2. The van der Waals surface area contributed by atoms with Gasteiger partial charge in [0.1, 0.15) is 11.2 Å². The van der Waals surface area contributed by atoms with Crippen molar-refractivity contribution in [2.75, 3.05) is 0 Å². The third kappa shape index (κ3) is 6.10. The fourth-order valence-electron chi connectivity index (χ4n) is 11.3. The average Bonchev–Trinajstić information content (AvgIpc) is 4.10. The highest BCUT2D eigenvalue weighted by atomic mass is 32.3. The highest BCUT2D eigenvalue weighted by Gasteiger charge is 2.34. The molecule has 0 amide bonds. The minimum atomic E-state index is -2.07. The maximum absolute atomic E-state index is 6.42. The standard InChI is InChI=1S/C66H44N2OS/c1-4-20-45(21-5-1)46-22-16-23-47(42-46)53-33-18-36-60-65(53)55-31-10-14-35-59(55)68(60)62-38-19-37-61-66(62)56-32-11-13-34-58(56)67(61)48-24-17-29-51(43-48)70(49-25-6-2-7-26-49,50-27-8-3-9-28-50)52-40-41-64-57(44-52)54-30-12-15-39-63(54)69-64/h1-44H. The van der Waals surface area contributed by atoms with Crippen LogP contribution in [0.15, 0.2) is 291 Å². The summed E-state index contributed by atoms with van der Waals surface area (Å²) in [6.45, 7) is 0. The first-order valence-electron chi connectivity index (χ1n) is 23.9. The zero-order chi connectivity index (χ0) is 46.2. The van der Waals surface area contributed by atoms with Gasteiger partial charge < -0.3 is 13.6 Å². The van der Waals surface area contributed by atoms with Crippen molar-refractivity contribution in [2.24, 2.45) is 0 Å². The van der Waals surface area contributed by atoms with Crippen LogP contribution in [0, 0.1) is 0 Å². The zero-order valence-electron chi connectivity index (χ0n) is 38.1. The molecule has 0 bridgehead atoms. The van der Waals surface area contributed by atoms with Gasteiger partial charge in [0.15, 0.2) is 0 Å². The van der Waals surface area contributed by atoms with Crippen molar-refractivity contribution in [2.45, 2.75) is 19.6 Å². The summed E-state index contributed by atoms with van der Waals surface area (Å²) in [7, 11) is -2.07. The summed E-state index contributed by atoms with van der Waals surface area (Å²) in [6, 6.07) is 98.0. The van der Waals surface area contributed by atoms with E-state index in [-0.39, 0.29) is 0 Å². The Balaban J connectivity index is 1.01. The molecule has 4 heteroatoms. The number of fused-ring (bicyclic) bond motifs is 9. The predicted octanol–water partition coefficient (Wildman–Crippen LogP) is 18.5. The van der Waals surface area contributed by atoms with Gasteiger partial charge in [-0.1, -0.05) is 164 Å². The number of furan rings is 1. The molecule has 0 aliphatic carbocycles. The van der Waals surface area contributed by atoms with Crippen LogP contribution in [0.4, 0.5) is 0 Å². The van der Waals surface area contributed by atoms with Crippen LogP contribution in [0.3, 0.4) is 0 Å². The molecule has 0 N–H and O–H groups in total. The third-order valence-corrected chi connectivity index (χ3v) is 18.1. The van der Waals surface area contributed by atoms with Crippen molar-refractivity contribution in [3.05, 3.63) is 267 Å². The van der Waals surface area contributed by atoms with Crippen molar-refractivity contribution < 1.29 is 4.42 Å². The predicted molar refractivity (Wildman–Crippen MR) is 293 cm³/mol. The normalized spacial score (nSPS) is 12.2. The molecule has 0 fully saturated rings. The van der Waals surface area contributed by atoms with E-state index in [4.69, 9.17) is 4.42 Å². The Kier molecular flexibility index (Phi) is 9.29. The fourth-order valence-corrected chi connectivity index (χ4v) is 15.2. The maximum atomic E-state index is 6.42. The fraction of sp³-hybridized carbons (Fsp3) is 0. The molecule has 0 aliphatic heterocycles. The summed E-state index contributed by atoms with van der Waals surface area (Å²) in [5.41, 5.74) is 13.6. The van der Waals surface area contributed by atoms with E-state index in [1.54, 1.807) is 0 Å². The van der Waals surface area contributed by atoms with Crippen molar-refractivity contribution in [3.63, 3.8) is 0 Å². The van der Waals surface area contributed by atoms with Crippen LogP contribution in [-0.4, -0.2) is 9.13 Å². The number of benzene rings is 11. The minimum absolute atomic E-state index is 0.894. The van der Waals surface area contributed by atoms with Crippen LogP contribution in [0.2, 0.25) is 0 Å². The first kappa shape index (κ1) is 40.3. The van der Waals surface area contributed by atoms with E-state index in [1.807, 2.05) is 6.07 Å². The summed E-state index contributed by atoms with van der Waals surface area (Å²) in [4.78, 5) is 5.05. The summed E-state index contributed by atoms with van der Waals surface area (Å²) >= 11 is 0. The van der Waals surface area contributed by atoms with Crippen LogP contribution in [0.25, 0.3) is 99.2 Å². The summed E-state index contributed by atoms with van der Waals surface area (Å²) in [5.74, 6) is 0. The zero-order valence-corrected chi connectivity index (χ0v) is 38.9. The molecule has 0 saturated heterocycles. The number of hydrogen-bond donors (Lipinski definition) is 0. The van der Waals surface area contributed by atoms with E-state index in [9.17, 15) is 0 Å². The molecule has 0 unspecified atom stereocenters. The highest BCUT2D eigenvalue weighted by Crippen LogP contribution is 2.74. The second-order valence-electron chi connectivity index (χ2n) is 18.0. The quantitative estimate of drug-likeness (QED) is 0.149. The number of para-hydroxylation sites is 3. The molecule has 3 aromatic heterocycles. The van der Waals surface area contributed by atoms with Crippen molar-refractivity contribution in [1.29, 1.82) is 0 Å². The van der Waals surface area contributed by atoms with Gasteiger partial charge in [-0.25, -0.2) is 0 Å². The van der Waals surface area contributed by atoms with Gasteiger partial charge >= 0.3 is 0 Å². The molecule has 0 aliphatic rings. The Morgan fingerprint density at radius 2 is 0.800 bits per heavy atom. The lowest BCUT2D eigenvalue weighted by Crippen LogP contribution is -2.06. The minimum Gasteiger partial charge on any atom is -0.456 e. The molecule has 3 nitrogen and oxygen atoms in total. The van der Waals surface area contributed by atoms with Crippen molar-refractivity contribution >= 4 is 75.6 Å². The van der Waals surface area contributed by atoms with Crippen LogP contribution in [0.5, 0.6) is 0 Å². The molecular formula is C66H44N2OS. The summed E-state index contributed by atoms with van der Waals surface area (Å²) in [6.07, 6.45) is 0. The molecular weight excluding hydrogens is 869 g/mol. The topological polar surface area (TPSA) is 23.0 Å². The number of aromatic nitrogens is 2. The lowest BCUT2D eigenvalue weighted by Gasteiger charge is -2.42. The maximum Gasteiger partial charge on any atom is 0.135 e. The molecule has 0 saturated carbocycles. The van der Waals surface area contributed by atoms with Gasteiger partial charge in [0.2, 0.25) is 0 Å². The van der Waals surface area contributed by atoms with Crippen LogP contribution >= 0.6 is 10.0 Å². The molecule has 11 aromatic carbocycles.